The van der Waals surface area contributed by atoms with Crippen LogP contribution in [-0.2, 0) is 24.1 Å². The van der Waals surface area contributed by atoms with Gasteiger partial charge in [0.25, 0.3) is 0 Å². The molecule has 6 heteroatoms. The highest BCUT2D eigenvalue weighted by molar-refractivity contribution is 7.19. The second-order valence-electron chi connectivity index (χ2n) is 10.4. The summed E-state index contributed by atoms with van der Waals surface area (Å²) < 4.78 is 0. The van der Waals surface area contributed by atoms with Crippen LogP contribution < -0.4 is 4.90 Å². The molecule has 0 radical (unpaired) electrons. The van der Waals surface area contributed by atoms with Crippen LogP contribution in [0, 0.1) is 5.92 Å². The molecule has 0 atom stereocenters. The molecule has 2 aliphatic carbocycles. The number of carbonyl (C=O) groups is 1. The minimum atomic E-state index is 0.363. The summed E-state index contributed by atoms with van der Waals surface area (Å²) in [5, 5.41) is 1.33. The van der Waals surface area contributed by atoms with Gasteiger partial charge in [0.2, 0.25) is 5.91 Å². The third kappa shape index (κ3) is 5.21. The van der Waals surface area contributed by atoms with Gasteiger partial charge < -0.3 is 9.80 Å². The maximum absolute atomic E-state index is 12.9. The summed E-state index contributed by atoms with van der Waals surface area (Å²) >= 11 is 1.92. The number of unbranched alkanes of at least 4 members (excludes halogenated alkanes) is 1. The summed E-state index contributed by atoms with van der Waals surface area (Å²) in [4.78, 5) is 30.3. The molecule has 3 aliphatic rings. The van der Waals surface area contributed by atoms with E-state index in [-0.39, 0.29) is 0 Å². The fourth-order valence-corrected chi connectivity index (χ4v) is 7.26. The van der Waals surface area contributed by atoms with Gasteiger partial charge in [-0.05, 0) is 50.0 Å². The molecular weight excluding hydrogens is 428 g/mol. The predicted octanol–water partition coefficient (Wildman–Crippen LogP) is 5.92. The van der Waals surface area contributed by atoms with Gasteiger partial charge in [-0.1, -0.05) is 45.4 Å². The number of aromatic nitrogens is 2. The van der Waals surface area contributed by atoms with Crippen molar-refractivity contribution in [3.63, 3.8) is 0 Å². The van der Waals surface area contributed by atoms with Crippen molar-refractivity contribution in [2.75, 3.05) is 31.1 Å². The quantitative estimate of drug-likeness (QED) is 0.473. The average Bonchev–Trinajstić information content (AvgIpc) is 3.42. The van der Waals surface area contributed by atoms with Gasteiger partial charge >= 0.3 is 0 Å². The average molecular weight is 469 g/mol. The Balaban J connectivity index is 1.33. The number of aryl methyl sites for hydroxylation is 3. The van der Waals surface area contributed by atoms with Gasteiger partial charge in [0.15, 0.2) is 0 Å². The predicted molar refractivity (Wildman–Crippen MR) is 137 cm³/mol. The molecule has 180 valence electrons. The molecule has 2 aromatic heterocycles. The minimum absolute atomic E-state index is 0.363. The van der Waals surface area contributed by atoms with Crippen LogP contribution in [0.1, 0.15) is 93.8 Å². The van der Waals surface area contributed by atoms with Crippen LogP contribution >= 0.6 is 11.3 Å². The van der Waals surface area contributed by atoms with Gasteiger partial charge in [0.05, 0.1) is 5.39 Å². The van der Waals surface area contributed by atoms with E-state index in [0.29, 0.717) is 5.91 Å². The number of piperazine rings is 1. The van der Waals surface area contributed by atoms with E-state index in [1.807, 2.05) is 11.3 Å². The molecule has 5 nitrogen and oxygen atoms in total. The fraction of sp³-hybridized carbons (Fsp3) is 0.741. The molecule has 2 fully saturated rings. The molecule has 1 aliphatic heterocycles. The van der Waals surface area contributed by atoms with Gasteiger partial charge in [-0.15, -0.1) is 11.3 Å². The Morgan fingerprint density at radius 1 is 1.00 bits per heavy atom. The van der Waals surface area contributed by atoms with Crippen molar-refractivity contribution in [1.29, 1.82) is 0 Å². The van der Waals surface area contributed by atoms with E-state index in [9.17, 15) is 4.79 Å². The molecule has 0 N–H and O–H groups in total. The van der Waals surface area contributed by atoms with Crippen LogP contribution in [0.15, 0.2) is 0 Å². The topological polar surface area (TPSA) is 49.3 Å². The van der Waals surface area contributed by atoms with Crippen LogP contribution in [0.3, 0.4) is 0 Å². The van der Waals surface area contributed by atoms with Gasteiger partial charge in [0, 0.05) is 43.9 Å². The van der Waals surface area contributed by atoms with Crippen LogP contribution in [0.5, 0.6) is 0 Å². The Morgan fingerprint density at radius 3 is 2.58 bits per heavy atom. The summed E-state index contributed by atoms with van der Waals surface area (Å²) in [6.45, 7) is 5.66. The molecule has 0 unspecified atom stereocenters. The first kappa shape index (κ1) is 23.1. The number of hydrogen-bond donors (Lipinski definition) is 0. The molecular formula is C27H40N4OS. The lowest BCUT2D eigenvalue weighted by molar-refractivity contribution is -0.131. The third-order valence-electron chi connectivity index (χ3n) is 8.02. The Bertz CT molecular complexity index is 957. The van der Waals surface area contributed by atoms with Crippen molar-refractivity contribution in [2.45, 2.75) is 96.8 Å². The van der Waals surface area contributed by atoms with E-state index in [1.165, 1.54) is 80.0 Å². The van der Waals surface area contributed by atoms with Crippen molar-refractivity contribution < 1.29 is 4.79 Å². The normalized spacial score (nSPS) is 19.8. The first-order valence-electron chi connectivity index (χ1n) is 13.6. The number of carbonyl (C=O) groups excluding carboxylic acids is 1. The number of anilines is 1. The first-order valence-corrected chi connectivity index (χ1v) is 14.4. The number of nitrogens with zero attached hydrogens (tertiary/aromatic N) is 4. The second kappa shape index (κ2) is 10.7. The first-order chi connectivity index (χ1) is 16.2. The number of fused-ring (bicyclic) bond motifs is 3. The largest absolute Gasteiger partial charge is 0.352 e. The van der Waals surface area contributed by atoms with Crippen LogP contribution in [0.25, 0.3) is 10.2 Å². The van der Waals surface area contributed by atoms with Crippen molar-refractivity contribution in [2.24, 2.45) is 5.92 Å². The number of hydrogen-bond acceptors (Lipinski definition) is 5. The lowest BCUT2D eigenvalue weighted by atomic mass is 10.0. The van der Waals surface area contributed by atoms with Crippen molar-refractivity contribution >= 4 is 33.3 Å². The Hall–Kier alpha value is -1.69. The minimum Gasteiger partial charge on any atom is -0.352 e. The van der Waals surface area contributed by atoms with Crippen LogP contribution in [0.2, 0.25) is 0 Å². The van der Waals surface area contributed by atoms with Crippen molar-refractivity contribution in [3.05, 3.63) is 16.3 Å². The molecule has 3 heterocycles. The zero-order chi connectivity index (χ0) is 22.6. The van der Waals surface area contributed by atoms with Gasteiger partial charge in [0.1, 0.15) is 16.5 Å². The highest BCUT2D eigenvalue weighted by atomic mass is 32.1. The lowest BCUT2D eigenvalue weighted by Gasteiger charge is -2.36. The van der Waals surface area contributed by atoms with Gasteiger partial charge in [-0.2, -0.15) is 0 Å². The molecule has 0 spiro atoms. The Labute approximate surface area is 203 Å². The molecule has 1 saturated heterocycles. The highest BCUT2D eigenvalue weighted by Gasteiger charge is 2.27. The third-order valence-corrected chi connectivity index (χ3v) is 9.20. The van der Waals surface area contributed by atoms with Crippen molar-refractivity contribution in [3.8, 4) is 0 Å². The summed E-state index contributed by atoms with van der Waals surface area (Å²) in [5.41, 5.74) is 1.53. The molecule has 1 amide bonds. The Kier molecular flexibility index (Phi) is 7.49. The molecule has 5 rings (SSSR count). The number of thiophene rings is 1. The van der Waals surface area contributed by atoms with E-state index in [4.69, 9.17) is 9.97 Å². The van der Waals surface area contributed by atoms with E-state index < -0.39 is 0 Å². The zero-order valence-electron chi connectivity index (χ0n) is 20.4. The van der Waals surface area contributed by atoms with Crippen LogP contribution in [0.4, 0.5) is 5.82 Å². The summed E-state index contributed by atoms with van der Waals surface area (Å²) in [5.74, 6) is 3.32. The molecule has 2 aromatic rings. The number of rotatable bonds is 7. The maximum atomic E-state index is 12.9. The van der Waals surface area contributed by atoms with Gasteiger partial charge in [-0.25, -0.2) is 9.97 Å². The standard InChI is InChI=1S/C27H40N4OS/c1-2-3-13-23-28-26(25-21-11-5-4-6-12-22(21)33-27(25)29-23)31-18-16-30(17-19-31)24(32)15-14-20-9-7-8-10-20/h20H,2-19H2,1H3. The van der Waals surface area contributed by atoms with E-state index in [0.717, 1.165) is 69.4 Å². The number of amides is 1. The van der Waals surface area contributed by atoms with Gasteiger partial charge in [-0.3, -0.25) is 4.79 Å². The molecule has 0 bridgehead atoms. The highest BCUT2D eigenvalue weighted by Crippen LogP contribution is 2.39. The SMILES string of the molecule is CCCCc1nc(N2CCN(C(=O)CCC3CCCC3)CC2)c2c3c(sc2n1)CCCCC3. The smallest absolute Gasteiger partial charge is 0.222 e. The summed E-state index contributed by atoms with van der Waals surface area (Å²) in [7, 11) is 0. The Morgan fingerprint density at radius 2 is 1.79 bits per heavy atom. The maximum Gasteiger partial charge on any atom is 0.222 e. The monoisotopic (exact) mass is 468 g/mol. The second-order valence-corrected chi connectivity index (χ2v) is 11.5. The fourth-order valence-electron chi connectivity index (χ4n) is 5.99. The zero-order valence-corrected chi connectivity index (χ0v) is 21.2. The summed E-state index contributed by atoms with van der Waals surface area (Å²) in [6.07, 6.45) is 16.7. The molecule has 33 heavy (non-hydrogen) atoms. The van der Waals surface area contributed by atoms with E-state index >= 15 is 0 Å². The van der Waals surface area contributed by atoms with E-state index in [1.54, 1.807) is 4.88 Å². The molecule has 1 saturated carbocycles. The van der Waals surface area contributed by atoms with Crippen LogP contribution in [-0.4, -0.2) is 47.0 Å². The molecule has 0 aromatic carbocycles. The summed E-state index contributed by atoms with van der Waals surface area (Å²) in [6, 6.07) is 0. The van der Waals surface area contributed by atoms with E-state index in [2.05, 4.69) is 16.7 Å². The van der Waals surface area contributed by atoms with Crippen molar-refractivity contribution in [1.82, 2.24) is 14.9 Å². The lowest BCUT2D eigenvalue weighted by Crippen LogP contribution is -2.49.